The lowest BCUT2D eigenvalue weighted by molar-refractivity contribution is -0.161. The minimum atomic E-state index is -4.95. The molecule has 0 rings (SSSR count). The molecule has 522 valence electrons. The highest BCUT2D eigenvalue weighted by molar-refractivity contribution is 7.47. The number of ether oxygens (including phenoxy) is 4. The lowest BCUT2D eigenvalue weighted by atomic mass is 10.0. The van der Waals surface area contributed by atoms with Gasteiger partial charge in [0.25, 0.3) is 0 Å². The summed E-state index contributed by atoms with van der Waals surface area (Å²) in [5, 5.41) is 10.6. The van der Waals surface area contributed by atoms with Gasteiger partial charge in [0.1, 0.15) is 19.3 Å². The summed E-state index contributed by atoms with van der Waals surface area (Å²) in [7, 11) is -9.90. The molecule has 0 aromatic carbocycles. The van der Waals surface area contributed by atoms with Crippen molar-refractivity contribution < 1.29 is 80.2 Å². The summed E-state index contributed by atoms with van der Waals surface area (Å²) in [5.74, 6) is 0.801. The second-order valence-electron chi connectivity index (χ2n) is 26.8. The molecule has 0 aliphatic heterocycles. The minimum absolute atomic E-state index is 0.103. The van der Waals surface area contributed by atoms with Crippen molar-refractivity contribution in [2.24, 2.45) is 23.7 Å². The first-order valence-electron chi connectivity index (χ1n) is 35.7. The molecule has 0 heterocycles. The fourth-order valence-electron chi connectivity index (χ4n) is 10.3. The molecule has 0 amide bonds. The maximum absolute atomic E-state index is 13.0. The SMILES string of the molecule is CC(C)CCCCCCCCCCCCCC(=O)OC[C@H](COP(=O)(O)OC[C@@H](O)COP(=O)(O)OC[C@@H](COC(=O)CCCCCCCCC(C)C)OC(=O)CCCCCCCCCCC(C)C)OC(=O)CCCCCCCCCCCCCC(C)C. The van der Waals surface area contributed by atoms with Crippen molar-refractivity contribution >= 4 is 39.5 Å². The molecule has 3 N–H and O–H groups in total. The van der Waals surface area contributed by atoms with Gasteiger partial charge in [-0.2, -0.15) is 0 Å². The van der Waals surface area contributed by atoms with E-state index in [4.69, 9.17) is 37.0 Å². The van der Waals surface area contributed by atoms with Crippen LogP contribution in [0.15, 0.2) is 0 Å². The monoisotopic (exact) mass is 1300 g/mol. The molecule has 0 saturated heterocycles. The third-order valence-electron chi connectivity index (χ3n) is 15.8. The van der Waals surface area contributed by atoms with Crippen molar-refractivity contribution in [1.29, 1.82) is 0 Å². The van der Waals surface area contributed by atoms with E-state index in [2.05, 4.69) is 55.4 Å². The van der Waals surface area contributed by atoms with Crippen molar-refractivity contribution in [3.63, 3.8) is 0 Å². The third kappa shape index (κ3) is 62.8. The van der Waals surface area contributed by atoms with Gasteiger partial charge in [0.05, 0.1) is 26.4 Å². The zero-order chi connectivity index (χ0) is 65.4. The fraction of sp³-hybridized carbons (Fsp3) is 0.942. The second-order valence-corrected chi connectivity index (χ2v) is 29.7. The molecule has 0 bridgehead atoms. The topological polar surface area (TPSA) is 237 Å². The predicted molar refractivity (Wildman–Crippen MR) is 354 cm³/mol. The molecule has 0 spiro atoms. The number of esters is 4. The average Bonchev–Trinajstić information content (AvgIpc) is 3.59. The lowest BCUT2D eigenvalue weighted by Crippen LogP contribution is -2.30. The van der Waals surface area contributed by atoms with Crippen molar-refractivity contribution in [1.82, 2.24) is 0 Å². The second kappa shape index (κ2) is 58.8. The van der Waals surface area contributed by atoms with Gasteiger partial charge in [0, 0.05) is 25.7 Å². The van der Waals surface area contributed by atoms with Gasteiger partial charge in [-0.3, -0.25) is 37.3 Å². The molecule has 5 atom stereocenters. The highest BCUT2D eigenvalue weighted by atomic mass is 31.2. The molecule has 0 aromatic rings. The Morgan fingerprint density at radius 1 is 0.284 bits per heavy atom. The summed E-state index contributed by atoms with van der Waals surface area (Å²) in [5.41, 5.74) is 0. The Bertz CT molecular complexity index is 1750. The van der Waals surface area contributed by atoms with Crippen LogP contribution in [0.1, 0.15) is 338 Å². The number of rotatable bonds is 66. The molecule has 19 heteroatoms. The molecule has 0 radical (unpaired) electrons. The predicted octanol–water partition coefficient (Wildman–Crippen LogP) is 19.3. The number of carbonyl (C=O) groups excluding carboxylic acids is 4. The lowest BCUT2D eigenvalue weighted by Gasteiger charge is -2.21. The van der Waals surface area contributed by atoms with E-state index in [9.17, 15) is 43.2 Å². The van der Waals surface area contributed by atoms with Gasteiger partial charge < -0.3 is 33.8 Å². The molecule has 2 unspecified atom stereocenters. The molecule has 17 nitrogen and oxygen atoms in total. The van der Waals surface area contributed by atoms with Gasteiger partial charge >= 0.3 is 39.5 Å². The van der Waals surface area contributed by atoms with Crippen LogP contribution in [0.5, 0.6) is 0 Å². The van der Waals surface area contributed by atoms with Crippen molar-refractivity contribution in [2.75, 3.05) is 39.6 Å². The number of phosphoric acid groups is 2. The van der Waals surface area contributed by atoms with E-state index in [1.165, 1.54) is 135 Å². The summed E-state index contributed by atoms with van der Waals surface area (Å²) in [4.78, 5) is 72.4. The summed E-state index contributed by atoms with van der Waals surface area (Å²) >= 11 is 0. The Labute approximate surface area is 537 Å². The summed E-state index contributed by atoms with van der Waals surface area (Å²) in [6.07, 6.45) is 40.5. The quantitative estimate of drug-likeness (QED) is 0.0222. The van der Waals surface area contributed by atoms with E-state index in [0.29, 0.717) is 31.6 Å². The number of hydrogen-bond donors (Lipinski definition) is 3. The van der Waals surface area contributed by atoms with Crippen LogP contribution in [0.3, 0.4) is 0 Å². The third-order valence-corrected chi connectivity index (χ3v) is 17.7. The highest BCUT2D eigenvalue weighted by Gasteiger charge is 2.30. The van der Waals surface area contributed by atoms with Crippen LogP contribution in [0.4, 0.5) is 0 Å². The van der Waals surface area contributed by atoms with E-state index >= 15 is 0 Å². The standard InChI is InChI=1S/C69H134O17P2/c1-59(2)45-37-29-21-15-11-9-13-17-24-33-41-49-66(71)79-55-64(85-68(73)51-43-35-25-18-14-10-12-16-22-30-38-46-60(3)4)57-83-87(75,76)81-53-63(70)54-82-88(77,78)84-58-65(56-80-67(72)50-42-34-28-27-32-40-48-62(7)8)86-69(74)52-44-36-26-20-19-23-31-39-47-61(5)6/h59-65,70H,9-58H2,1-8H3,(H,75,76)(H,77,78)/t63-,64-,65-/m1/s1. The van der Waals surface area contributed by atoms with Crippen molar-refractivity contribution in [2.45, 2.75) is 356 Å². The van der Waals surface area contributed by atoms with Gasteiger partial charge in [-0.05, 0) is 49.4 Å². The van der Waals surface area contributed by atoms with Crippen LogP contribution >= 0.6 is 15.6 Å². The van der Waals surface area contributed by atoms with Crippen LogP contribution in [0.25, 0.3) is 0 Å². The smallest absolute Gasteiger partial charge is 0.462 e. The van der Waals surface area contributed by atoms with Gasteiger partial charge in [-0.1, -0.05) is 287 Å². The maximum atomic E-state index is 13.0. The number of unbranched alkanes of at least 4 members (excludes halogenated alkanes) is 32. The van der Waals surface area contributed by atoms with Crippen LogP contribution in [-0.4, -0.2) is 96.7 Å². The van der Waals surface area contributed by atoms with Crippen LogP contribution in [-0.2, 0) is 65.4 Å². The minimum Gasteiger partial charge on any atom is -0.462 e. The van der Waals surface area contributed by atoms with E-state index in [1.807, 2.05) is 0 Å². The molecule has 0 fully saturated rings. The highest BCUT2D eigenvalue weighted by Crippen LogP contribution is 2.45. The van der Waals surface area contributed by atoms with E-state index in [1.54, 1.807) is 0 Å². The van der Waals surface area contributed by atoms with Gasteiger partial charge in [-0.15, -0.1) is 0 Å². The maximum Gasteiger partial charge on any atom is 0.472 e. The first kappa shape index (κ1) is 86.1. The number of hydrogen-bond acceptors (Lipinski definition) is 15. The summed E-state index contributed by atoms with van der Waals surface area (Å²) in [6.45, 7) is 14.0. The molecule has 88 heavy (non-hydrogen) atoms. The zero-order valence-corrected chi connectivity index (χ0v) is 59.1. The van der Waals surface area contributed by atoms with Gasteiger partial charge in [0.2, 0.25) is 0 Å². The van der Waals surface area contributed by atoms with Crippen LogP contribution < -0.4 is 0 Å². The molecular weight excluding hydrogens is 1160 g/mol. The van der Waals surface area contributed by atoms with Crippen LogP contribution in [0.2, 0.25) is 0 Å². The Morgan fingerprint density at radius 3 is 0.705 bits per heavy atom. The number of aliphatic hydroxyl groups excluding tert-OH is 1. The molecular formula is C69H134O17P2. The normalized spacial score (nSPS) is 14.3. The molecule has 0 aliphatic rings. The zero-order valence-electron chi connectivity index (χ0n) is 57.3. The van der Waals surface area contributed by atoms with Gasteiger partial charge in [0.15, 0.2) is 12.2 Å². The number of aliphatic hydroxyl groups is 1. The van der Waals surface area contributed by atoms with Crippen LogP contribution in [0, 0.1) is 23.7 Å². The first-order chi connectivity index (χ1) is 42.1. The van der Waals surface area contributed by atoms with Crippen molar-refractivity contribution in [3.05, 3.63) is 0 Å². The van der Waals surface area contributed by atoms with E-state index < -0.39 is 97.5 Å². The Balaban J connectivity index is 5.25. The average molecular weight is 1300 g/mol. The molecule has 0 aromatic heterocycles. The Hall–Kier alpha value is -1.94. The fourth-order valence-corrected chi connectivity index (χ4v) is 11.9. The van der Waals surface area contributed by atoms with E-state index in [0.717, 1.165) is 114 Å². The molecule has 0 aliphatic carbocycles. The number of carbonyl (C=O) groups is 4. The Kier molecular flexibility index (Phi) is 57.6. The number of phosphoric ester groups is 2. The van der Waals surface area contributed by atoms with Gasteiger partial charge in [-0.25, -0.2) is 9.13 Å². The summed E-state index contributed by atoms with van der Waals surface area (Å²) < 4.78 is 68.2. The molecule has 0 saturated carbocycles. The first-order valence-corrected chi connectivity index (χ1v) is 38.7. The van der Waals surface area contributed by atoms with E-state index in [-0.39, 0.29) is 25.7 Å². The Morgan fingerprint density at radius 2 is 0.477 bits per heavy atom. The largest absolute Gasteiger partial charge is 0.472 e. The summed E-state index contributed by atoms with van der Waals surface area (Å²) in [6, 6.07) is 0. The van der Waals surface area contributed by atoms with Crippen molar-refractivity contribution in [3.8, 4) is 0 Å².